The summed E-state index contributed by atoms with van der Waals surface area (Å²) in [5.41, 5.74) is 0.378. The summed E-state index contributed by atoms with van der Waals surface area (Å²) in [5, 5.41) is 9.23. The van der Waals surface area contributed by atoms with Crippen molar-refractivity contribution in [2.24, 2.45) is 5.92 Å². The van der Waals surface area contributed by atoms with Crippen LogP contribution in [0.3, 0.4) is 0 Å². The first-order valence-electron chi connectivity index (χ1n) is 6.95. The fourth-order valence-corrected chi connectivity index (χ4v) is 3.09. The van der Waals surface area contributed by atoms with E-state index in [1.807, 2.05) is 0 Å². The number of amides is 1. The summed E-state index contributed by atoms with van der Waals surface area (Å²) in [6.07, 6.45) is 2.22. The third-order valence-electron chi connectivity index (χ3n) is 4.05. The Hall–Kier alpha value is -1.62. The number of carboxylic acid groups (broad SMARTS) is 1. The van der Waals surface area contributed by atoms with Crippen molar-refractivity contribution in [2.45, 2.75) is 31.2 Å². The fourth-order valence-electron chi connectivity index (χ4n) is 2.78. The van der Waals surface area contributed by atoms with Crippen molar-refractivity contribution in [2.75, 3.05) is 6.54 Å². The van der Waals surface area contributed by atoms with Gasteiger partial charge in [0.2, 0.25) is 5.91 Å². The van der Waals surface area contributed by atoms with Crippen molar-refractivity contribution in [3.05, 3.63) is 34.6 Å². The lowest BCUT2D eigenvalue weighted by Gasteiger charge is -2.20. The highest BCUT2D eigenvalue weighted by molar-refractivity contribution is 6.31. The van der Waals surface area contributed by atoms with Gasteiger partial charge in [-0.2, -0.15) is 0 Å². The van der Waals surface area contributed by atoms with E-state index in [0.29, 0.717) is 17.0 Å². The van der Waals surface area contributed by atoms with Crippen LogP contribution in [0.5, 0.6) is 0 Å². The van der Waals surface area contributed by atoms with Crippen molar-refractivity contribution < 1.29 is 19.1 Å². The van der Waals surface area contributed by atoms with Gasteiger partial charge in [-0.05, 0) is 31.4 Å². The Balaban J connectivity index is 1.74. The largest absolute Gasteiger partial charge is 0.480 e. The topological polar surface area (TPSA) is 57.6 Å². The molecule has 0 spiro atoms. The molecule has 2 atom stereocenters. The molecule has 1 aromatic rings. The van der Waals surface area contributed by atoms with Gasteiger partial charge < -0.3 is 10.0 Å². The summed E-state index contributed by atoms with van der Waals surface area (Å²) in [7, 11) is 0. The number of carbonyl (C=O) groups excluding carboxylic acids is 1. The standard InChI is InChI=1S/C15H15ClFNO3/c16-11-2-1-3-12(17)14(11)9-6-10(9)15(21)18(7-13(19)20)8-4-5-8/h1-3,8-10H,4-7H2,(H,19,20). The average molecular weight is 312 g/mol. The Bertz CT molecular complexity index is 582. The van der Waals surface area contributed by atoms with Crippen LogP contribution >= 0.6 is 11.6 Å². The Morgan fingerprint density at radius 3 is 2.67 bits per heavy atom. The summed E-state index contributed by atoms with van der Waals surface area (Å²) >= 11 is 6.01. The summed E-state index contributed by atoms with van der Waals surface area (Å²) in [5.74, 6) is -2.19. The maximum Gasteiger partial charge on any atom is 0.323 e. The van der Waals surface area contributed by atoms with E-state index in [0.717, 1.165) is 12.8 Å². The van der Waals surface area contributed by atoms with Crippen LogP contribution in [0, 0.1) is 11.7 Å². The van der Waals surface area contributed by atoms with Crippen molar-refractivity contribution in [1.29, 1.82) is 0 Å². The number of nitrogens with zero attached hydrogens (tertiary/aromatic N) is 1. The van der Waals surface area contributed by atoms with Gasteiger partial charge in [-0.25, -0.2) is 4.39 Å². The molecule has 0 heterocycles. The Morgan fingerprint density at radius 2 is 2.10 bits per heavy atom. The third kappa shape index (κ3) is 2.88. The number of carboxylic acids is 1. The van der Waals surface area contributed by atoms with E-state index in [2.05, 4.69) is 0 Å². The van der Waals surface area contributed by atoms with Gasteiger partial charge in [-0.15, -0.1) is 0 Å². The lowest BCUT2D eigenvalue weighted by Crippen LogP contribution is -2.38. The molecule has 112 valence electrons. The SMILES string of the molecule is O=C(O)CN(C(=O)C1CC1c1c(F)cccc1Cl)C1CC1. The minimum atomic E-state index is -1.02. The van der Waals surface area contributed by atoms with Gasteiger partial charge in [0.25, 0.3) is 0 Å². The highest BCUT2D eigenvalue weighted by Gasteiger charge is 2.50. The molecule has 2 aliphatic carbocycles. The second-order valence-electron chi connectivity index (χ2n) is 5.68. The molecular weight excluding hydrogens is 297 g/mol. The normalized spacial score (nSPS) is 23.7. The van der Waals surface area contributed by atoms with Crippen molar-refractivity contribution >= 4 is 23.5 Å². The molecule has 0 radical (unpaired) electrons. The maximum atomic E-state index is 13.9. The number of rotatable bonds is 5. The maximum absolute atomic E-state index is 13.9. The molecule has 2 fully saturated rings. The van der Waals surface area contributed by atoms with Crippen LogP contribution in [0.25, 0.3) is 0 Å². The first-order chi connectivity index (χ1) is 9.99. The molecule has 1 amide bonds. The number of halogens is 2. The number of carbonyl (C=O) groups is 2. The molecule has 6 heteroatoms. The van der Waals surface area contributed by atoms with Crippen molar-refractivity contribution in [1.82, 2.24) is 4.90 Å². The summed E-state index contributed by atoms with van der Waals surface area (Å²) < 4.78 is 13.9. The average Bonchev–Trinajstić information content (AvgIpc) is 3.28. The van der Waals surface area contributed by atoms with Crippen LogP contribution in [0.2, 0.25) is 5.02 Å². The van der Waals surface area contributed by atoms with E-state index in [9.17, 15) is 14.0 Å². The molecule has 0 aromatic heterocycles. The molecule has 2 saturated carbocycles. The molecule has 21 heavy (non-hydrogen) atoms. The summed E-state index contributed by atoms with van der Waals surface area (Å²) in [6.45, 7) is -0.280. The minimum absolute atomic E-state index is 0.0333. The molecule has 1 N–H and O–H groups in total. The number of hydrogen-bond acceptors (Lipinski definition) is 2. The van der Waals surface area contributed by atoms with Crippen LogP contribution < -0.4 is 0 Å². The van der Waals surface area contributed by atoms with E-state index in [1.54, 1.807) is 6.07 Å². The Labute approximate surface area is 126 Å². The van der Waals surface area contributed by atoms with Crippen LogP contribution in [0.1, 0.15) is 30.7 Å². The van der Waals surface area contributed by atoms with Gasteiger partial charge in [-0.3, -0.25) is 9.59 Å². The van der Waals surface area contributed by atoms with E-state index in [-0.39, 0.29) is 30.3 Å². The zero-order valence-electron chi connectivity index (χ0n) is 11.3. The number of hydrogen-bond donors (Lipinski definition) is 1. The predicted octanol–water partition coefficient (Wildman–Crippen LogP) is 2.66. The monoisotopic (exact) mass is 311 g/mol. The summed E-state index contributed by atoms with van der Waals surface area (Å²) in [6, 6.07) is 4.50. The summed E-state index contributed by atoms with van der Waals surface area (Å²) in [4.78, 5) is 24.7. The number of aliphatic carboxylic acids is 1. The van der Waals surface area contributed by atoms with E-state index < -0.39 is 11.8 Å². The molecule has 0 bridgehead atoms. The van der Waals surface area contributed by atoms with Gasteiger partial charge in [0.05, 0.1) is 0 Å². The Kier molecular flexibility index (Phi) is 3.61. The van der Waals surface area contributed by atoms with E-state index in [1.165, 1.54) is 17.0 Å². The molecule has 2 unspecified atom stereocenters. The molecular formula is C15H15ClFNO3. The van der Waals surface area contributed by atoms with Gasteiger partial charge in [-0.1, -0.05) is 17.7 Å². The quantitative estimate of drug-likeness (QED) is 0.909. The highest BCUT2D eigenvalue weighted by Crippen LogP contribution is 2.52. The predicted molar refractivity (Wildman–Crippen MR) is 74.6 cm³/mol. The minimum Gasteiger partial charge on any atom is -0.480 e. The van der Waals surface area contributed by atoms with Crippen LogP contribution in [-0.2, 0) is 9.59 Å². The van der Waals surface area contributed by atoms with Gasteiger partial charge in [0.15, 0.2) is 0 Å². The second-order valence-corrected chi connectivity index (χ2v) is 6.08. The lowest BCUT2D eigenvalue weighted by molar-refractivity contribution is -0.145. The van der Waals surface area contributed by atoms with Gasteiger partial charge in [0.1, 0.15) is 12.4 Å². The van der Waals surface area contributed by atoms with Crippen LogP contribution in [0.4, 0.5) is 4.39 Å². The molecule has 3 rings (SSSR count). The molecule has 1 aromatic carbocycles. The van der Waals surface area contributed by atoms with Gasteiger partial charge >= 0.3 is 5.97 Å². The van der Waals surface area contributed by atoms with Crippen LogP contribution in [0.15, 0.2) is 18.2 Å². The molecule has 0 saturated heterocycles. The smallest absolute Gasteiger partial charge is 0.323 e. The first-order valence-corrected chi connectivity index (χ1v) is 7.33. The zero-order valence-corrected chi connectivity index (χ0v) is 12.0. The second kappa shape index (κ2) is 5.30. The van der Waals surface area contributed by atoms with Crippen molar-refractivity contribution in [3.63, 3.8) is 0 Å². The number of benzene rings is 1. The van der Waals surface area contributed by atoms with E-state index >= 15 is 0 Å². The highest BCUT2D eigenvalue weighted by atomic mass is 35.5. The lowest BCUT2D eigenvalue weighted by atomic mass is 10.1. The van der Waals surface area contributed by atoms with Crippen LogP contribution in [-0.4, -0.2) is 34.5 Å². The molecule has 4 nitrogen and oxygen atoms in total. The van der Waals surface area contributed by atoms with E-state index in [4.69, 9.17) is 16.7 Å². The Morgan fingerprint density at radius 1 is 1.38 bits per heavy atom. The molecule has 2 aliphatic rings. The zero-order chi connectivity index (χ0) is 15.1. The third-order valence-corrected chi connectivity index (χ3v) is 4.38. The fraction of sp³-hybridized carbons (Fsp3) is 0.467. The van der Waals surface area contributed by atoms with Gasteiger partial charge in [0, 0.05) is 28.5 Å². The molecule has 0 aliphatic heterocycles. The van der Waals surface area contributed by atoms with Crippen molar-refractivity contribution in [3.8, 4) is 0 Å². The first kappa shape index (κ1) is 14.3.